The summed E-state index contributed by atoms with van der Waals surface area (Å²) in [5.41, 5.74) is 6.49. The molecule has 0 amide bonds. The molecule has 17 heavy (non-hydrogen) atoms. The molecule has 0 radical (unpaired) electrons. The Hall–Kier alpha value is -0.120. The highest BCUT2D eigenvalue weighted by molar-refractivity contribution is 9.10. The van der Waals surface area contributed by atoms with E-state index in [2.05, 4.69) is 22.9 Å². The molecule has 1 atom stereocenters. The van der Waals surface area contributed by atoms with E-state index in [9.17, 15) is 4.39 Å². The largest absolute Gasteiger partial charge is 0.324 e. The van der Waals surface area contributed by atoms with Gasteiger partial charge in [0.15, 0.2) is 0 Å². The lowest BCUT2D eigenvalue weighted by atomic mass is 10.0. The highest BCUT2D eigenvalue weighted by atomic mass is 79.9. The van der Waals surface area contributed by atoms with Crippen molar-refractivity contribution in [3.05, 3.63) is 33.0 Å². The van der Waals surface area contributed by atoms with E-state index in [1.807, 2.05) is 0 Å². The lowest BCUT2D eigenvalue weighted by molar-refractivity contribution is 0.532. The van der Waals surface area contributed by atoms with Gasteiger partial charge in [-0.05, 0) is 28.4 Å². The molecule has 1 nitrogen and oxygen atoms in total. The molecule has 0 aliphatic carbocycles. The van der Waals surface area contributed by atoms with Crippen molar-refractivity contribution in [1.29, 1.82) is 0 Å². The van der Waals surface area contributed by atoms with E-state index in [0.29, 0.717) is 10.0 Å². The number of hydrogen-bond donors (Lipinski definition) is 1. The van der Waals surface area contributed by atoms with Gasteiger partial charge < -0.3 is 5.73 Å². The van der Waals surface area contributed by atoms with Crippen LogP contribution in [0, 0.1) is 5.82 Å². The third-order valence-electron chi connectivity index (χ3n) is 2.83. The standard InChI is InChI=1S/C13H18BrClFN/c1-2-3-4-5-6-11(17)9-7-8-10(14)12(15)13(9)16/h7-8,11H,2-6,17H2,1H3. The molecule has 1 rings (SSSR count). The van der Waals surface area contributed by atoms with Crippen LogP contribution in [0.15, 0.2) is 16.6 Å². The zero-order chi connectivity index (χ0) is 12.8. The second-order valence-corrected chi connectivity index (χ2v) is 5.45. The van der Waals surface area contributed by atoms with Gasteiger partial charge in [-0.2, -0.15) is 0 Å². The van der Waals surface area contributed by atoms with Gasteiger partial charge >= 0.3 is 0 Å². The van der Waals surface area contributed by atoms with E-state index in [1.54, 1.807) is 12.1 Å². The van der Waals surface area contributed by atoms with Crippen LogP contribution in [0.3, 0.4) is 0 Å². The monoisotopic (exact) mass is 321 g/mol. The van der Waals surface area contributed by atoms with Gasteiger partial charge in [0.2, 0.25) is 0 Å². The number of rotatable bonds is 6. The topological polar surface area (TPSA) is 26.0 Å². The Bertz CT molecular complexity index is 371. The van der Waals surface area contributed by atoms with Gasteiger partial charge in [0.25, 0.3) is 0 Å². The summed E-state index contributed by atoms with van der Waals surface area (Å²) in [5.74, 6) is -0.399. The number of unbranched alkanes of at least 4 members (excludes halogenated alkanes) is 3. The molecule has 0 saturated heterocycles. The van der Waals surface area contributed by atoms with Crippen LogP contribution < -0.4 is 5.73 Å². The summed E-state index contributed by atoms with van der Waals surface area (Å²) in [6.45, 7) is 2.16. The van der Waals surface area contributed by atoms with Crippen molar-refractivity contribution in [2.75, 3.05) is 0 Å². The maximum Gasteiger partial charge on any atom is 0.147 e. The first-order valence-corrected chi connectivity index (χ1v) is 7.14. The fourth-order valence-corrected chi connectivity index (χ4v) is 2.25. The molecule has 0 saturated carbocycles. The molecule has 0 heterocycles. The average Bonchev–Trinajstić information content (AvgIpc) is 2.31. The first kappa shape index (κ1) is 14.9. The molecule has 0 aliphatic rings. The van der Waals surface area contributed by atoms with Crippen LogP contribution in [0.1, 0.15) is 50.6 Å². The number of benzene rings is 1. The Balaban J connectivity index is 2.63. The summed E-state index contributed by atoms with van der Waals surface area (Å²) in [6, 6.07) is 3.18. The van der Waals surface area contributed by atoms with Crippen LogP contribution in [0.25, 0.3) is 0 Å². The Morgan fingerprint density at radius 3 is 2.71 bits per heavy atom. The Morgan fingerprint density at radius 2 is 2.06 bits per heavy atom. The van der Waals surface area contributed by atoms with Crippen molar-refractivity contribution in [1.82, 2.24) is 0 Å². The SMILES string of the molecule is CCCCCCC(N)c1ccc(Br)c(Cl)c1F. The highest BCUT2D eigenvalue weighted by Gasteiger charge is 2.15. The van der Waals surface area contributed by atoms with E-state index in [0.717, 1.165) is 19.3 Å². The molecule has 1 unspecified atom stereocenters. The quantitative estimate of drug-likeness (QED) is 0.564. The van der Waals surface area contributed by atoms with Crippen molar-refractivity contribution in [3.63, 3.8) is 0 Å². The van der Waals surface area contributed by atoms with E-state index < -0.39 is 5.82 Å². The van der Waals surface area contributed by atoms with Gasteiger partial charge in [-0.15, -0.1) is 0 Å². The van der Waals surface area contributed by atoms with Crippen LogP contribution in [-0.2, 0) is 0 Å². The van der Waals surface area contributed by atoms with Gasteiger partial charge in [-0.3, -0.25) is 0 Å². The first-order chi connectivity index (χ1) is 8.07. The predicted molar refractivity (Wildman–Crippen MR) is 74.8 cm³/mol. The van der Waals surface area contributed by atoms with Gasteiger partial charge in [0.1, 0.15) is 5.82 Å². The van der Waals surface area contributed by atoms with E-state index in [1.165, 1.54) is 12.8 Å². The van der Waals surface area contributed by atoms with Crippen molar-refractivity contribution in [2.45, 2.75) is 45.1 Å². The first-order valence-electron chi connectivity index (χ1n) is 5.96. The van der Waals surface area contributed by atoms with Crippen molar-refractivity contribution >= 4 is 27.5 Å². The van der Waals surface area contributed by atoms with Crippen LogP contribution in [0.4, 0.5) is 4.39 Å². The minimum absolute atomic E-state index is 0.117. The molecule has 0 spiro atoms. The molecule has 4 heteroatoms. The van der Waals surface area contributed by atoms with Crippen molar-refractivity contribution in [2.24, 2.45) is 5.73 Å². The summed E-state index contributed by atoms with van der Waals surface area (Å²) in [6.07, 6.45) is 5.37. The van der Waals surface area contributed by atoms with Crippen LogP contribution in [0.2, 0.25) is 5.02 Å². The maximum atomic E-state index is 13.8. The van der Waals surface area contributed by atoms with Gasteiger partial charge in [-0.25, -0.2) is 4.39 Å². The van der Waals surface area contributed by atoms with E-state index in [4.69, 9.17) is 17.3 Å². The summed E-state index contributed by atoms with van der Waals surface area (Å²) in [4.78, 5) is 0. The van der Waals surface area contributed by atoms with Crippen molar-refractivity contribution < 1.29 is 4.39 Å². The number of nitrogens with two attached hydrogens (primary N) is 1. The molecule has 0 bridgehead atoms. The molecule has 0 aliphatic heterocycles. The predicted octanol–water partition coefficient (Wildman–Crippen LogP) is 5.21. The number of halogens is 3. The summed E-state index contributed by atoms with van der Waals surface area (Å²) in [5, 5.41) is 0.117. The summed E-state index contributed by atoms with van der Waals surface area (Å²) >= 11 is 9.02. The third-order valence-corrected chi connectivity index (χ3v) is 4.09. The smallest absolute Gasteiger partial charge is 0.147 e. The minimum atomic E-state index is -0.399. The van der Waals surface area contributed by atoms with Crippen LogP contribution >= 0.6 is 27.5 Å². The third kappa shape index (κ3) is 4.23. The molecule has 0 fully saturated rings. The lowest BCUT2D eigenvalue weighted by Crippen LogP contribution is -2.12. The molecule has 96 valence electrons. The second kappa shape index (κ2) is 7.34. The van der Waals surface area contributed by atoms with Gasteiger partial charge in [0, 0.05) is 16.1 Å². The minimum Gasteiger partial charge on any atom is -0.324 e. The van der Waals surface area contributed by atoms with E-state index in [-0.39, 0.29) is 11.1 Å². The van der Waals surface area contributed by atoms with Crippen molar-refractivity contribution in [3.8, 4) is 0 Å². The zero-order valence-corrected chi connectivity index (χ0v) is 12.3. The molecule has 1 aromatic carbocycles. The van der Waals surface area contributed by atoms with Gasteiger partial charge in [-0.1, -0.05) is 50.3 Å². The Morgan fingerprint density at radius 1 is 1.35 bits per heavy atom. The number of hydrogen-bond acceptors (Lipinski definition) is 1. The average molecular weight is 323 g/mol. The van der Waals surface area contributed by atoms with Crippen LogP contribution in [-0.4, -0.2) is 0 Å². The molecule has 0 aromatic heterocycles. The lowest BCUT2D eigenvalue weighted by Gasteiger charge is -2.14. The second-order valence-electron chi connectivity index (χ2n) is 4.22. The van der Waals surface area contributed by atoms with Gasteiger partial charge in [0.05, 0.1) is 5.02 Å². The Labute approximate surface area is 116 Å². The normalized spacial score (nSPS) is 12.8. The molecule has 1 aromatic rings. The molecule has 2 N–H and O–H groups in total. The summed E-state index contributed by atoms with van der Waals surface area (Å²) in [7, 11) is 0. The Kier molecular flexibility index (Phi) is 6.45. The highest BCUT2D eigenvalue weighted by Crippen LogP contribution is 2.31. The van der Waals surface area contributed by atoms with Crippen LogP contribution in [0.5, 0.6) is 0 Å². The zero-order valence-electron chi connectivity index (χ0n) is 9.98. The fraction of sp³-hybridized carbons (Fsp3) is 0.538. The molecular formula is C13H18BrClFN. The van der Waals surface area contributed by atoms with E-state index >= 15 is 0 Å². The molecular weight excluding hydrogens is 305 g/mol. The summed E-state index contributed by atoms with van der Waals surface area (Å²) < 4.78 is 14.4. The fourth-order valence-electron chi connectivity index (χ4n) is 1.77. The maximum absolute atomic E-state index is 13.8.